The van der Waals surface area contributed by atoms with Crippen LogP contribution in [-0.4, -0.2) is 54.1 Å². The second-order valence-corrected chi connectivity index (χ2v) is 8.79. The van der Waals surface area contributed by atoms with Gasteiger partial charge in [-0.05, 0) is 44.5 Å². The summed E-state index contributed by atoms with van der Waals surface area (Å²) < 4.78 is 24.8. The predicted octanol–water partition coefficient (Wildman–Crippen LogP) is 5.71. The second kappa shape index (κ2) is 11.9. The largest absolute Gasteiger partial charge is 0.494 e. The van der Waals surface area contributed by atoms with E-state index in [0.29, 0.717) is 52.3 Å². The summed E-state index contributed by atoms with van der Waals surface area (Å²) in [6.45, 7) is 5.18. The van der Waals surface area contributed by atoms with Crippen LogP contribution in [0.15, 0.2) is 59.2 Å². The SMILES string of the molecule is CC=C(CCN1CC=CN=C1C)C(=O)Nc1cc2c(Nc3ccc(OC)c(F)c3)c(Cl)nnc2cc1OC. The average Bonchev–Trinajstić information content (AvgIpc) is 2.91. The zero-order chi connectivity index (χ0) is 27.2. The maximum absolute atomic E-state index is 14.3. The molecule has 9 nitrogen and oxygen atoms in total. The van der Waals surface area contributed by atoms with Crippen molar-refractivity contribution in [2.75, 3.05) is 37.9 Å². The first-order valence-corrected chi connectivity index (χ1v) is 12.3. The summed E-state index contributed by atoms with van der Waals surface area (Å²) in [5, 5.41) is 14.9. The highest BCUT2D eigenvalue weighted by Crippen LogP contribution is 2.37. The quantitative estimate of drug-likeness (QED) is 0.337. The molecule has 0 radical (unpaired) electrons. The lowest BCUT2D eigenvalue weighted by molar-refractivity contribution is -0.113. The summed E-state index contributed by atoms with van der Waals surface area (Å²) in [5.74, 6) is 0.647. The second-order valence-electron chi connectivity index (χ2n) is 8.43. The normalized spacial score (nSPS) is 13.4. The maximum atomic E-state index is 14.3. The molecular formula is C27H28ClFN6O3. The molecule has 198 valence electrons. The van der Waals surface area contributed by atoms with Crippen LogP contribution in [0.4, 0.5) is 21.5 Å². The Kier molecular flexibility index (Phi) is 8.42. The number of hydrogen-bond acceptors (Lipinski definition) is 8. The van der Waals surface area contributed by atoms with Crippen LogP contribution in [0.2, 0.25) is 5.15 Å². The number of hydrogen-bond donors (Lipinski definition) is 2. The third-order valence-corrected chi connectivity index (χ3v) is 6.41. The maximum Gasteiger partial charge on any atom is 0.251 e. The van der Waals surface area contributed by atoms with Crippen molar-refractivity contribution in [3.63, 3.8) is 0 Å². The third-order valence-electron chi connectivity index (χ3n) is 6.15. The lowest BCUT2D eigenvalue weighted by Gasteiger charge is -2.25. The monoisotopic (exact) mass is 538 g/mol. The topological polar surface area (TPSA) is 101 Å². The van der Waals surface area contributed by atoms with Crippen molar-refractivity contribution in [3.05, 3.63) is 65.2 Å². The van der Waals surface area contributed by atoms with E-state index in [1.807, 2.05) is 19.9 Å². The number of aliphatic imine (C=N–C) groups is 1. The Bertz CT molecular complexity index is 1460. The highest BCUT2D eigenvalue weighted by atomic mass is 35.5. The van der Waals surface area contributed by atoms with E-state index in [2.05, 4.69) is 30.7 Å². The smallest absolute Gasteiger partial charge is 0.251 e. The van der Waals surface area contributed by atoms with Crippen molar-refractivity contribution in [1.29, 1.82) is 0 Å². The molecular weight excluding hydrogens is 511 g/mol. The number of methoxy groups -OCH3 is 2. The number of benzene rings is 2. The number of anilines is 3. The Hall–Kier alpha value is -4.18. The van der Waals surface area contributed by atoms with Gasteiger partial charge in [0.15, 0.2) is 16.7 Å². The molecule has 1 aromatic heterocycles. The number of allylic oxidation sites excluding steroid dienone is 1. The predicted molar refractivity (Wildman–Crippen MR) is 148 cm³/mol. The van der Waals surface area contributed by atoms with Crippen molar-refractivity contribution in [1.82, 2.24) is 15.1 Å². The molecule has 4 rings (SSSR count). The van der Waals surface area contributed by atoms with Crippen LogP contribution in [0.1, 0.15) is 20.3 Å². The number of aromatic nitrogens is 2. The molecule has 1 amide bonds. The van der Waals surface area contributed by atoms with E-state index in [1.165, 1.54) is 26.4 Å². The Morgan fingerprint density at radius 1 is 1.18 bits per heavy atom. The molecule has 0 saturated heterocycles. The Morgan fingerprint density at radius 3 is 2.66 bits per heavy atom. The van der Waals surface area contributed by atoms with Crippen molar-refractivity contribution >= 4 is 51.3 Å². The van der Waals surface area contributed by atoms with Gasteiger partial charge < -0.3 is 25.0 Å². The highest BCUT2D eigenvalue weighted by Gasteiger charge is 2.18. The number of halogens is 2. The van der Waals surface area contributed by atoms with E-state index in [1.54, 1.807) is 30.5 Å². The molecule has 0 atom stereocenters. The zero-order valence-electron chi connectivity index (χ0n) is 21.5. The minimum atomic E-state index is -0.532. The molecule has 0 bridgehead atoms. The summed E-state index contributed by atoms with van der Waals surface area (Å²) in [5.41, 5.74) is 2.35. The Labute approximate surface area is 225 Å². The van der Waals surface area contributed by atoms with Crippen LogP contribution in [-0.2, 0) is 4.79 Å². The van der Waals surface area contributed by atoms with E-state index in [-0.39, 0.29) is 16.8 Å². The van der Waals surface area contributed by atoms with E-state index in [0.717, 1.165) is 12.4 Å². The fraction of sp³-hybridized carbons (Fsp3) is 0.259. The van der Waals surface area contributed by atoms with Crippen LogP contribution in [0.25, 0.3) is 10.9 Å². The van der Waals surface area contributed by atoms with E-state index in [9.17, 15) is 9.18 Å². The van der Waals surface area contributed by atoms with Crippen LogP contribution in [0, 0.1) is 5.82 Å². The van der Waals surface area contributed by atoms with E-state index in [4.69, 9.17) is 21.1 Å². The number of nitrogens with zero attached hydrogens (tertiary/aromatic N) is 4. The fourth-order valence-corrected chi connectivity index (χ4v) is 4.22. The highest BCUT2D eigenvalue weighted by molar-refractivity contribution is 6.33. The van der Waals surface area contributed by atoms with E-state index >= 15 is 0 Å². The van der Waals surface area contributed by atoms with E-state index < -0.39 is 5.82 Å². The minimum absolute atomic E-state index is 0.0814. The van der Waals surface area contributed by atoms with Gasteiger partial charge in [0.05, 0.1) is 31.1 Å². The molecule has 0 spiro atoms. The van der Waals surface area contributed by atoms with Crippen LogP contribution >= 0.6 is 11.6 Å². The number of rotatable bonds is 9. The summed E-state index contributed by atoms with van der Waals surface area (Å²) in [6, 6.07) is 7.80. The van der Waals surface area contributed by atoms with Gasteiger partial charge in [0, 0.05) is 48.1 Å². The van der Waals surface area contributed by atoms with Gasteiger partial charge in [-0.15, -0.1) is 10.2 Å². The molecule has 0 fully saturated rings. The van der Waals surface area contributed by atoms with Gasteiger partial charge in [-0.1, -0.05) is 17.7 Å². The first-order chi connectivity index (χ1) is 18.3. The molecule has 2 heterocycles. The first kappa shape index (κ1) is 26.9. The number of amides is 1. The zero-order valence-corrected chi connectivity index (χ0v) is 22.3. The lowest BCUT2D eigenvalue weighted by atomic mass is 10.1. The molecule has 2 N–H and O–H groups in total. The van der Waals surface area contributed by atoms with Crippen LogP contribution in [0.5, 0.6) is 11.5 Å². The molecule has 0 unspecified atom stereocenters. The number of ether oxygens (including phenoxy) is 2. The van der Waals surface area contributed by atoms with Crippen LogP contribution in [0.3, 0.4) is 0 Å². The Balaban J connectivity index is 1.61. The number of carbonyl (C=O) groups excluding carboxylic acids is 1. The number of amidine groups is 1. The van der Waals surface area contributed by atoms with Gasteiger partial charge in [0.25, 0.3) is 5.91 Å². The molecule has 2 aromatic carbocycles. The molecule has 0 saturated carbocycles. The van der Waals surface area contributed by atoms with Gasteiger partial charge in [0.2, 0.25) is 0 Å². The van der Waals surface area contributed by atoms with Gasteiger partial charge >= 0.3 is 0 Å². The van der Waals surface area contributed by atoms with Crippen molar-refractivity contribution in [2.45, 2.75) is 20.3 Å². The van der Waals surface area contributed by atoms with Crippen molar-refractivity contribution in [2.24, 2.45) is 4.99 Å². The summed E-state index contributed by atoms with van der Waals surface area (Å²) >= 11 is 6.38. The fourth-order valence-electron chi connectivity index (χ4n) is 4.03. The van der Waals surface area contributed by atoms with Gasteiger partial charge in [0.1, 0.15) is 11.6 Å². The number of carbonyl (C=O) groups is 1. The van der Waals surface area contributed by atoms with Crippen molar-refractivity contribution in [3.8, 4) is 11.5 Å². The molecule has 3 aromatic rings. The Morgan fingerprint density at radius 2 is 1.97 bits per heavy atom. The summed E-state index contributed by atoms with van der Waals surface area (Å²) in [6.07, 6.45) is 6.09. The van der Waals surface area contributed by atoms with Gasteiger partial charge in [-0.25, -0.2) is 9.38 Å². The third kappa shape index (κ3) is 5.86. The summed E-state index contributed by atoms with van der Waals surface area (Å²) in [7, 11) is 2.90. The standard InChI is InChI=1S/C27H28ClFN6O3/c1-5-17(9-12-35-11-6-10-30-16(35)2)27(36)32-22-14-19-21(15-24(22)38-4)33-34-26(28)25(19)31-18-7-8-23(37-3)20(29)13-18/h5-8,10,13-15H,9,11-12H2,1-4H3,(H,31,33)(H,32,36). The van der Waals surface area contributed by atoms with Gasteiger partial charge in [-0.2, -0.15) is 0 Å². The van der Waals surface area contributed by atoms with Gasteiger partial charge in [-0.3, -0.25) is 4.79 Å². The molecule has 1 aliphatic rings. The minimum Gasteiger partial charge on any atom is -0.494 e. The number of nitrogens with one attached hydrogen (secondary N) is 2. The lowest BCUT2D eigenvalue weighted by Crippen LogP contribution is -2.32. The molecule has 1 aliphatic heterocycles. The molecule has 11 heteroatoms. The van der Waals surface area contributed by atoms with Crippen molar-refractivity contribution < 1.29 is 18.7 Å². The average molecular weight is 539 g/mol. The first-order valence-electron chi connectivity index (χ1n) is 11.9. The van der Waals surface area contributed by atoms with Crippen LogP contribution < -0.4 is 20.1 Å². The summed E-state index contributed by atoms with van der Waals surface area (Å²) in [4.78, 5) is 19.6. The molecule has 0 aliphatic carbocycles. The molecule has 38 heavy (non-hydrogen) atoms. The number of fused-ring (bicyclic) bond motifs is 1.